The first-order chi connectivity index (χ1) is 6.54. The summed E-state index contributed by atoms with van der Waals surface area (Å²) in [7, 11) is 1.76. The Bertz CT molecular complexity index is 133. The summed E-state index contributed by atoms with van der Waals surface area (Å²) in [6.07, 6.45) is 5.25. The molecule has 0 radical (unpaired) electrons. The maximum absolute atomic E-state index is 5.43. The van der Waals surface area contributed by atoms with Crippen LogP contribution in [0.3, 0.4) is 0 Å². The van der Waals surface area contributed by atoms with Crippen molar-refractivity contribution in [2.45, 2.75) is 52.1 Å². The van der Waals surface area contributed by atoms with Crippen LogP contribution in [0.4, 0.5) is 0 Å². The monoisotopic (exact) mass is 218 g/mol. The molecule has 0 aliphatic rings. The summed E-state index contributed by atoms with van der Waals surface area (Å²) in [5.41, 5.74) is 0. The Morgan fingerprint density at radius 1 is 1.00 bits per heavy atom. The number of rotatable bonds is 8. The van der Waals surface area contributed by atoms with E-state index < -0.39 is 8.56 Å². The van der Waals surface area contributed by atoms with E-state index in [9.17, 15) is 0 Å². The fourth-order valence-corrected chi connectivity index (χ4v) is 2.93. The number of unbranched alkanes of at least 4 members (excludes halogenated alkanes) is 2. The van der Waals surface area contributed by atoms with E-state index in [0.717, 1.165) is 12.0 Å². The zero-order chi connectivity index (χ0) is 11.0. The number of hydrogen-bond donors (Lipinski definition) is 0. The molecule has 0 spiro atoms. The van der Waals surface area contributed by atoms with Crippen LogP contribution in [0, 0.1) is 5.92 Å². The minimum Gasteiger partial charge on any atom is -0.398 e. The molecule has 0 rings (SSSR count). The average molecular weight is 218 g/mol. The van der Waals surface area contributed by atoms with Crippen molar-refractivity contribution in [2.75, 3.05) is 14.2 Å². The van der Waals surface area contributed by atoms with Crippen molar-refractivity contribution >= 4 is 8.56 Å². The van der Waals surface area contributed by atoms with Crippen LogP contribution in [0.25, 0.3) is 0 Å². The molecule has 0 amide bonds. The predicted octanol–water partition coefficient (Wildman–Crippen LogP) is 3.57. The van der Waals surface area contributed by atoms with Gasteiger partial charge in [0.1, 0.15) is 0 Å². The smallest absolute Gasteiger partial charge is 0.334 e. The van der Waals surface area contributed by atoms with E-state index in [4.69, 9.17) is 8.85 Å². The van der Waals surface area contributed by atoms with Crippen molar-refractivity contribution in [3.8, 4) is 0 Å². The van der Waals surface area contributed by atoms with Gasteiger partial charge in [-0.05, 0) is 18.5 Å². The van der Waals surface area contributed by atoms with Crippen molar-refractivity contribution in [1.82, 2.24) is 0 Å². The van der Waals surface area contributed by atoms with Crippen LogP contribution < -0.4 is 0 Å². The second kappa shape index (κ2) is 7.43. The van der Waals surface area contributed by atoms with Crippen LogP contribution in [0.1, 0.15) is 39.5 Å². The van der Waals surface area contributed by atoms with Crippen molar-refractivity contribution in [1.29, 1.82) is 0 Å². The normalized spacial score (nSPS) is 12.4. The molecule has 3 heteroatoms. The maximum atomic E-state index is 5.43. The molecule has 0 N–H and O–H groups in total. The van der Waals surface area contributed by atoms with Crippen LogP contribution in [0.5, 0.6) is 0 Å². The van der Waals surface area contributed by atoms with Crippen LogP contribution in [-0.4, -0.2) is 22.8 Å². The average Bonchev–Trinajstić information content (AvgIpc) is 2.16. The van der Waals surface area contributed by atoms with Gasteiger partial charge >= 0.3 is 8.56 Å². The number of hydrogen-bond acceptors (Lipinski definition) is 2. The lowest BCUT2D eigenvalue weighted by Gasteiger charge is -2.22. The first kappa shape index (κ1) is 14.1. The first-order valence-electron chi connectivity index (χ1n) is 5.64. The van der Waals surface area contributed by atoms with E-state index in [2.05, 4.69) is 20.4 Å². The fourth-order valence-electron chi connectivity index (χ4n) is 1.46. The molecule has 0 bridgehead atoms. The molecule has 0 aliphatic carbocycles. The largest absolute Gasteiger partial charge is 0.398 e. The summed E-state index contributed by atoms with van der Waals surface area (Å²) in [5, 5.41) is 0. The molecular formula is C11H26O2Si. The summed E-state index contributed by atoms with van der Waals surface area (Å²) < 4.78 is 10.9. The third-order valence-electron chi connectivity index (χ3n) is 2.78. The zero-order valence-electron chi connectivity index (χ0n) is 10.4. The van der Waals surface area contributed by atoms with Crippen LogP contribution in [0.15, 0.2) is 0 Å². The molecular weight excluding hydrogens is 192 g/mol. The highest BCUT2D eigenvalue weighted by Gasteiger charge is 2.27. The topological polar surface area (TPSA) is 18.5 Å². The Labute approximate surface area is 90.2 Å². The highest BCUT2D eigenvalue weighted by atomic mass is 28.4. The lowest BCUT2D eigenvalue weighted by Crippen LogP contribution is -2.35. The van der Waals surface area contributed by atoms with Gasteiger partial charge in [-0.2, -0.15) is 0 Å². The Balaban J connectivity index is 3.43. The molecule has 0 aliphatic heterocycles. The second-order valence-corrected chi connectivity index (χ2v) is 8.12. The molecule has 0 heterocycles. The van der Waals surface area contributed by atoms with Crippen molar-refractivity contribution in [3.05, 3.63) is 0 Å². The van der Waals surface area contributed by atoms with Crippen LogP contribution in [0.2, 0.25) is 12.6 Å². The SMILES string of the molecule is CO[Si](C)(CCCCCC(C)C)OC. The van der Waals surface area contributed by atoms with E-state index in [1.807, 2.05) is 0 Å². The second-order valence-electron chi connectivity index (χ2n) is 4.54. The standard InChI is InChI=1S/C11H26O2Si/c1-11(2)9-7-6-8-10-14(5,12-3)13-4/h11H,6-10H2,1-5H3. The van der Waals surface area contributed by atoms with Gasteiger partial charge in [0.15, 0.2) is 0 Å². The van der Waals surface area contributed by atoms with E-state index >= 15 is 0 Å². The van der Waals surface area contributed by atoms with Crippen molar-refractivity contribution < 1.29 is 8.85 Å². The van der Waals surface area contributed by atoms with Crippen LogP contribution in [-0.2, 0) is 8.85 Å². The molecule has 0 aromatic carbocycles. The molecule has 0 aromatic heterocycles. The van der Waals surface area contributed by atoms with Gasteiger partial charge in [-0.15, -0.1) is 0 Å². The van der Waals surface area contributed by atoms with E-state index in [1.165, 1.54) is 25.7 Å². The minimum absolute atomic E-state index is 0.837. The lowest BCUT2D eigenvalue weighted by molar-refractivity contribution is 0.248. The van der Waals surface area contributed by atoms with E-state index in [-0.39, 0.29) is 0 Å². The molecule has 0 saturated carbocycles. The summed E-state index contributed by atoms with van der Waals surface area (Å²) in [6, 6.07) is 1.12. The Morgan fingerprint density at radius 3 is 2.00 bits per heavy atom. The summed E-state index contributed by atoms with van der Waals surface area (Å²) in [6.45, 7) is 6.70. The predicted molar refractivity (Wildman–Crippen MR) is 63.7 cm³/mol. The molecule has 0 aromatic rings. The van der Waals surface area contributed by atoms with Crippen molar-refractivity contribution in [3.63, 3.8) is 0 Å². The van der Waals surface area contributed by atoms with Gasteiger partial charge in [0.05, 0.1) is 0 Å². The van der Waals surface area contributed by atoms with Gasteiger partial charge in [0, 0.05) is 14.2 Å². The van der Waals surface area contributed by atoms with Gasteiger partial charge in [0.2, 0.25) is 0 Å². The molecule has 2 nitrogen and oxygen atoms in total. The molecule has 14 heavy (non-hydrogen) atoms. The molecule has 0 unspecified atom stereocenters. The van der Waals surface area contributed by atoms with E-state index in [0.29, 0.717) is 0 Å². The van der Waals surface area contributed by atoms with Gasteiger partial charge in [-0.1, -0.05) is 39.5 Å². The van der Waals surface area contributed by atoms with E-state index in [1.54, 1.807) is 14.2 Å². The Hall–Kier alpha value is 0.137. The summed E-state index contributed by atoms with van der Waals surface area (Å²) in [4.78, 5) is 0. The molecule has 86 valence electrons. The summed E-state index contributed by atoms with van der Waals surface area (Å²) >= 11 is 0. The Morgan fingerprint density at radius 2 is 1.57 bits per heavy atom. The van der Waals surface area contributed by atoms with Gasteiger partial charge in [-0.3, -0.25) is 0 Å². The molecule has 0 fully saturated rings. The third kappa shape index (κ3) is 6.57. The summed E-state index contributed by atoms with van der Waals surface area (Å²) in [5.74, 6) is 0.837. The van der Waals surface area contributed by atoms with Crippen LogP contribution >= 0.6 is 0 Å². The Kier molecular flexibility index (Phi) is 7.50. The quantitative estimate of drug-likeness (QED) is 0.458. The highest BCUT2D eigenvalue weighted by Crippen LogP contribution is 2.17. The highest BCUT2D eigenvalue weighted by molar-refractivity contribution is 6.65. The van der Waals surface area contributed by atoms with Gasteiger partial charge < -0.3 is 8.85 Å². The van der Waals surface area contributed by atoms with Crippen molar-refractivity contribution in [2.24, 2.45) is 5.92 Å². The van der Waals surface area contributed by atoms with Gasteiger partial charge in [-0.25, -0.2) is 0 Å². The third-order valence-corrected chi connectivity index (χ3v) is 5.76. The van der Waals surface area contributed by atoms with Gasteiger partial charge in [0.25, 0.3) is 0 Å². The first-order valence-corrected chi connectivity index (χ1v) is 8.16. The minimum atomic E-state index is -1.77. The molecule has 0 atom stereocenters. The lowest BCUT2D eigenvalue weighted by atomic mass is 10.1. The maximum Gasteiger partial charge on any atom is 0.334 e. The fraction of sp³-hybridized carbons (Fsp3) is 1.00. The molecule has 0 saturated heterocycles. The zero-order valence-corrected chi connectivity index (χ0v) is 11.4.